The number of amides is 2. The molecule has 35 heavy (non-hydrogen) atoms. The van der Waals surface area contributed by atoms with E-state index in [1.54, 1.807) is 11.8 Å². The Balaban J connectivity index is 1.41. The average Bonchev–Trinajstić information content (AvgIpc) is 3.51. The Morgan fingerprint density at radius 2 is 1.71 bits per heavy atom. The van der Waals surface area contributed by atoms with E-state index in [2.05, 4.69) is 20.7 Å². The van der Waals surface area contributed by atoms with Crippen LogP contribution in [0.1, 0.15) is 24.9 Å². The predicted molar refractivity (Wildman–Crippen MR) is 123 cm³/mol. The molecule has 0 aliphatic carbocycles. The Morgan fingerprint density at radius 3 is 2.31 bits per heavy atom. The normalized spacial score (nSPS) is 19.3. The van der Waals surface area contributed by atoms with Crippen LogP contribution in [0.2, 0.25) is 0 Å². The van der Waals surface area contributed by atoms with Crippen LogP contribution in [0.3, 0.4) is 0 Å². The van der Waals surface area contributed by atoms with Crippen LogP contribution in [0.4, 0.5) is 24.5 Å². The van der Waals surface area contributed by atoms with Crippen molar-refractivity contribution < 1.29 is 22.8 Å². The van der Waals surface area contributed by atoms with Crippen LogP contribution in [-0.2, 0) is 16.1 Å². The number of hydrogen-bond acceptors (Lipinski definition) is 5. The molecular weight excluding hydrogens is 461 g/mol. The number of hydrogen-bond donors (Lipinski definition) is 2. The molecule has 2 N–H and O–H groups in total. The first kappa shape index (κ1) is 24.4. The molecule has 1 fully saturated rings. The standard InChI is InChI=1S/C24H25F3N6O2/c1-17(33-16-28-15-29-33)21(34)30-19-7-9-20(10-8-19)31-22(35)23(24(25,26)27)11-12-32(14-23)13-18-5-3-2-4-6-18/h2-10,15-17H,11-14H2,1H3,(H,30,34)(H,31,35). The minimum absolute atomic E-state index is 0.163. The topological polar surface area (TPSA) is 92.2 Å². The number of rotatable bonds is 7. The van der Waals surface area contributed by atoms with E-state index >= 15 is 0 Å². The second-order valence-electron chi connectivity index (χ2n) is 8.60. The third-order valence-electron chi connectivity index (χ3n) is 6.20. The third kappa shape index (κ3) is 5.35. The van der Waals surface area contributed by atoms with Gasteiger partial charge in [0.2, 0.25) is 11.8 Å². The molecule has 184 valence electrons. The number of nitrogens with zero attached hydrogens (tertiary/aromatic N) is 4. The molecule has 0 spiro atoms. The van der Waals surface area contributed by atoms with Crippen molar-refractivity contribution in [2.75, 3.05) is 23.7 Å². The molecule has 2 amide bonds. The molecular formula is C24H25F3N6O2. The molecule has 0 saturated carbocycles. The molecule has 11 heteroatoms. The van der Waals surface area contributed by atoms with Gasteiger partial charge in [-0.3, -0.25) is 14.5 Å². The summed E-state index contributed by atoms with van der Waals surface area (Å²) in [6.07, 6.45) is -2.28. The van der Waals surface area contributed by atoms with Crippen molar-refractivity contribution in [3.05, 3.63) is 72.8 Å². The van der Waals surface area contributed by atoms with Gasteiger partial charge in [0.15, 0.2) is 5.41 Å². The van der Waals surface area contributed by atoms with Crippen molar-refractivity contribution in [2.24, 2.45) is 5.41 Å². The lowest BCUT2D eigenvalue weighted by molar-refractivity contribution is -0.215. The van der Waals surface area contributed by atoms with Gasteiger partial charge >= 0.3 is 6.18 Å². The van der Waals surface area contributed by atoms with Gasteiger partial charge in [-0.15, -0.1) is 0 Å². The van der Waals surface area contributed by atoms with Gasteiger partial charge in [-0.1, -0.05) is 30.3 Å². The molecule has 2 aromatic carbocycles. The van der Waals surface area contributed by atoms with Crippen LogP contribution in [0, 0.1) is 5.41 Å². The number of nitrogens with one attached hydrogen (secondary N) is 2. The lowest BCUT2D eigenvalue weighted by Crippen LogP contribution is -2.49. The second kappa shape index (κ2) is 9.87. The largest absolute Gasteiger partial charge is 0.404 e. The lowest BCUT2D eigenvalue weighted by Gasteiger charge is -2.30. The number of halogens is 3. The van der Waals surface area contributed by atoms with Gasteiger partial charge in [0.05, 0.1) is 0 Å². The Morgan fingerprint density at radius 1 is 1.06 bits per heavy atom. The van der Waals surface area contributed by atoms with E-state index in [0.717, 1.165) is 5.56 Å². The van der Waals surface area contributed by atoms with E-state index in [4.69, 9.17) is 0 Å². The summed E-state index contributed by atoms with van der Waals surface area (Å²) in [5, 5.41) is 9.04. The van der Waals surface area contributed by atoms with Crippen molar-refractivity contribution in [1.29, 1.82) is 0 Å². The van der Waals surface area contributed by atoms with Gasteiger partial charge in [0.1, 0.15) is 18.7 Å². The maximum atomic E-state index is 14.1. The van der Waals surface area contributed by atoms with Crippen LogP contribution in [0.15, 0.2) is 67.3 Å². The number of carbonyl (C=O) groups excluding carboxylic acids is 2. The van der Waals surface area contributed by atoms with E-state index < -0.39 is 30.1 Å². The van der Waals surface area contributed by atoms with E-state index in [1.165, 1.54) is 41.6 Å². The SMILES string of the molecule is CC(C(=O)Nc1ccc(NC(=O)C2(C(F)(F)F)CCN(Cc3ccccc3)C2)cc1)n1cncn1. The zero-order chi connectivity index (χ0) is 25.1. The van der Waals surface area contributed by atoms with Crippen LogP contribution in [-0.4, -0.2) is 50.7 Å². The Hall–Kier alpha value is -3.73. The van der Waals surface area contributed by atoms with Crippen LogP contribution >= 0.6 is 0 Å². The molecule has 1 aliphatic heterocycles. The summed E-state index contributed by atoms with van der Waals surface area (Å²) in [5.41, 5.74) is -0.966. The summed E-state index contributed by atoms with van der Waals surface area (Å²) >= 11 is 0. The minimum atomic E-state index is -4.70. The molecule has 1 aromatic heterocycles. The van der Waals surface area contributed by atoms with E-state index in [9.17, 15) is 22.8 Å². The first-order valence-electron chi connectivity index (χ1n) is 11.1. The van der Waals surface area contributed by atoms with Crippen molar-refractivity contribution in [3.8, 4) is 0 Å². The molecule has 0 bridgehead atoms. The summed E-state index contributed by atoms with van der Waals surface area (Å²) in [5.74, 6) is -1.43. The number of aromatic nitrogens is 3. The predicted octanol–water partition coefficient (Wildman–Crippen LogP) is 3.87. The molecule has 2 heterocycles. The highest BCUT2D eigenvalue weighted by atomic mass is 19.4. The Bertz CT molecular complexity index is 1150. The summed E-state index contributed by atoms with van der Waals surface area (Å²) in [6, 6.07) is 14.5. The van der Waals surface area contributed by atoms with Crippen LogP contribution in [0.25, 0.3) is 0 Å². The van der Waals surface area contributed by atoms with Crippen LogP contribution in [0.5, 0.6) is 0 Å². The van der Waals surface area contributed by atoms with Gasteiger partial charge in [-0.05, 0) is 49.7 Å². The fraction of sp³-hybridized carbons (Fsp3) is 0.333. The summed E-state index contributed by atoms with van der Waals surface area (Å²) in [4.78, 5) is 30.7. The van der Waals surface area contributed by atoms with Gasteiger partial charge in [-0.2, -0.15) is 18.3 Å². The molecule has 0 radical (unpaired) electrons. The lowest BCUT2D eigenvalue weighted by atomic mass is 9.85. The highest BCUT2D eigenvalue weighted by molar-refractivity contribution is 5.97. The average molecular weight is 486 g/mol. The summed E-state index contributed by atoms with van der Waals surface area (Å²) < 4.78 is 43.8. The molecule has 1 aliphatic rings. The van der Waals surface area contributed by atoms with Crippen molar-refractivity contribution >= 4 is 23.2 Å². The fourth-order valence-corrected chi connectivity index (χ4v) is 4.08. The van der Waals surface area contributed by atoms with Crippen molar-refractivity contribution in [2.45, 2.75) is 32.1 Å². The van der Waals surface area contributed by atoms with Gasteiger partial charge in [0, 0.05) is 24.5 Å². The molecule has 2 unspecified atom stereocenters. The van der Waals surface area contributed by atoms with Gasteiger partial charge in [-0.25, -0.2) is 9.67 Å². The fourth-order valence-electron chi connectivity index (χ4n) is 4.08. The summed E-state index contributed by atoms with van der Waals surface area (Å²) in [7, 11) is 0. The molecule has 2 atom stereocenters. The Kier molecular flexibility index (Phi) is 6.88. The zero-order valence-corrected chi connectivity index (χ0v) is 19.0. The van der Waals surface area contributed by atoms with E-state index in [0.29, 0.717) is 12.2 Å². The number of likely N-dealkylation sites (tertiary alicyclic amines) is 1. The number of carbonyl (C=O) groups is 2. The molecule has 3 aromatic rings. The van der Waals surface area contributed by atoms with Gasteiger partial charge in [0.25, 0.3) is 0 Å². The van der Waals surface area contributed by atoms with Crippen LogP contribution < -0.4 is 10.6 Å². The number of benzene rings is 2. The molecule has 8 nitrogen and oxygen atoms in total. The number of anilines is 2. The monoisotopic (exact) mass is 486 g/mol. The molecule has 1 saturated heterocycles. The third-order valence-corrected chi connectivity index (χ3v) is 6.20. The summed E-state index contributed by atoms with van der Waals surface area (Å²) in [6.45, 7) is 1.74. The van der Waals surface area contributed by atoms with Gasteiger partial charge < -0.3 is 10.6 Å². The van der Waals surface area contributed by atoms with E-state index in [-0.39, 0.29) is 24.6 Å². The van der Waals surface area contributed by atoms with Crippen molar-refractivity contribution in [1.82, 2.24) is 19.7 Å². The first-order chi connectivity index (χ1) is 16.7. The smallest absolute Gasteiger partial charge is 0.325 e. The zero-order valence-electron chi connectivity index (χ0n) is 19.0. The van der Waals surface area contributed by atoms with E-state index in [1.807, 2.05) is 30.3 Å². The minimum Gasteiger partial charge on any atom is -0.325 e. The quantitative estimate of drug-likeness (QED) is 0.529. The molecule has 4 rings (SSSR count). The highest BCUT2D eigenvalue weighted by Gasteiger charge is 2.62. The maximum absolute atomic E-state index is 14.1. The highest BCUT2D eigenvalue weighted by Crippen LogP contribution is 2.46. The van der Waals surface area contributed by atoms with Crippen molar-refractivity contribution in [3.63, 3.8) is 0 Å². The first-order valence-corrected chi connectivity index (χ1v) is 11.1. The Labute approximate surface area is 200 Å². The second-order valence-corrected chi connectivity index (χ2v) is 8.60. The maximum Gasteiger partial charge on any atom is 0.404 e. The number of alkyl halides is 3.